The molecule has 1 unspecified atom stereocenters. The Morgan fingerprint density at radius 3 is 1.44 bits per heavy atom. The quantitative estimate of drug-likeness (QED) is 0.522. The average Bonchev–Trinajstić information content (AvgIpc) is 2.15. The molecule has 0 aromatic carbocycles. The van der Waals surface area contributed by atoms with Crippen LogP contribution in [0.2, 0.25) is 0 Å². The van der Waals surface area contributed by atoms with Crippen LogP contribution in [0.4, 0.5) is 39.5 Å². The highest BCUT2D eigenvalue weighted by molar-refractivity contribution is 5.04. The summed E-state index contributed by atoms with van der Waals surface area (Å²) in [6.45, 7) is 2.24. The van der Waals surface area contributed by atoms with Crippen molar-refractivity contribution in [1.82, 2.24) is 0 Å². The van der Waals surface area contributed by atoms with Gasteiger partial charge < -0.3 is 0 Å². The van der Waals surface area contributed by atoms with Gasteiger partial charge in [-0.25, -0.2) is 13.2 Å². The van der Waals surface area contributed by atoms with Crippen LogP contribution in [0.5, 0.6) is 0 Å². The van der Waals surface area contributed by atoms with Crippen LogP contribution in [0.3, 0.4) is 0 Å². The Morgan fingerprint density at radius 1 is 0.812 bits per heavy atom. The van der Waals surface area contributed by atoms with Crippen molar-refractivity contribution >= 4 is 0 Å². The summed E-state index contributed by atoms with van der Waals surface area (Å²) in [4.78, 5) is 0. The molecule has 0 aliphatic heterocycles. The van der Waals surface area contributed by atoms with Crippen LogP contribution >= 0.6 is 0 Å². The summed E-state index contributed by atoms with van der Waals surface area (Å²) in [5.41, 5.74) is 0. The van der Waals surface area contributed by atoms with Gasteiger partial charge in [0.25, 0.3) is 0 Å². The number of hydrogen-bond donors (Lipinski definition) is 0. The molecule has 0 heterocycles. The lowest BCUT2D eigenvalue weighted by Crippen LogP contribution is -2.57. The standard InChI is InChI=1S/C7H5F9/c1-2-5(11,12)3(8)6(13,14)7(15,16)4(9)10/h2-4H,1H2. The number of halogens is 9. The number of alkyl halides is 9. The van der Waals surface area contributed by atoms with Crippen molar-refractivity contribution in [1.29, 1.82) is 0 Å². The van der Waals surface area contributed by atoms with Crippen LogP contribution in [-0.2, 0) is 0 Å². The molecule has 0 aliphatic carbocycles. The van der Waals surface area contributed by atoms with Gasteiger partial charge in [0.05, 0.1) is 0 Å². The third-order valence-corrected chi connectivity index (χ3v) is 1.65. The first kappa shape index (κ1) is 15.1. The van der Waals surface area contributed by atoms with Crippen LogP contribution in [-0.4, -0.2) is 30.4 Å². The predicted octanol–water partition coefficient (Wildman–Crippen LogP) is 3.68. The van der Waals surface area contributed by atoms with Crippen molar-refractivity contribution in [3.05, 3.63) is 12.7 Å². The molecule has 0 saturated carbocycles. The van der Waals surface area contributed by atoms with E-state index in [4.69, 9.17) is 0 Å². The van der Waals surface area contributed by atoms with E-state index in [0.29, 0.717) is 0 Å². The summed E-state index contributed by atoms with van der Waals surface area (Å²) < 4.78 is 109. The van der Waals surface area contributed by atoms with E-state index in [1.165, 1.54) is 0 Å². The van der Waals surface area contributed by atoms with Gasteiger partial charge in [-0.2, -0.15) is 26.3 Å². The van der Waals surface area contributed by atoms with E-state index in [2.05, 4.69) is 6.58 Å². The maximum Gasteiger partial charge on any atom is 0.372 e. The summed E-state index contributed by atoms with van der Waals surface area (Å²) in [6, 6.07) is 0. The van der Waals surface area contributed by atoms with Crippen molar-refractivity contribution in [2.45, 2.75) is 30.4 Å². The second kappa shape index (κ2) is 4.17. The molecular weight excluding hydrogens is 255 g/mol. The maximum atomic E-state index is 12.4. The molecule has 9 heteroatoms. The monoisotopic (exact) mass is 260 g/mol. The first-order valence-corrected chi connectivity index (χ1v) is 3.60. The molecule has 16 heavy (non-hydrogen) atoms. The van der Waals surface area contributed by atoms with Crippen LogP contribution in [0, 0.1) is 0 Å². The van der Waals surface area contributed by atoms with Gasteiger partial charge in [-0.05, 0) is 6.08 Å². The molecule has 0 aromatic rings. The second-order valence-electron chi connectivity index (χ2n) is 2.79. The first-order chi connectivity index (χ1) is 6.91. The Morgan fingerprint density at radius 2 is 1.19 bits per heavy atom. The molecule has 96 valence electrons. The topological polar surface area (TPSA) is 0 Å². The highest BCUT2D eigenvalue weighted by Gasteiger charge is 2.72. The van der Waals surface area contributed by atoms with E-state index in [9.17, 15) is 39.5 Å². The average molecular weight is 260 g/mol. The smallest absolute Gasteiger partial charge is 0.233 e. The zero-order chi connectivity index (χ0) is 13.4. The Bertz CT molecular complexity index is 257. The van der Waals surface area contributed by atoms with Crippen molar-refractivity contribution in [2.24, 2.45) is 0 Å². The van der Waals surface area contributed by atoms with Gasteiger partial charge in [0, 0.05) is 0 Å². The third-order valence-electron chi connectivity index (χ3n) is 1.65. The molecule has 0 N–H and O–H groups in total. The normalized spacial score (nSPS) is 16.4. The van der Waals surface area contributed by atoms with Crippen molar-refractivity contribution in [3.63, 3.8) is 0 Å². The fraction of sp³-hybridized carbons (Fsp3) is 0.714. The molecule has 0 rings (SSSR count). The first-order valence-electron chi connectivity index (χ1n) is 3.60. The summed E-state index contributed by atoms with van der Waals surface area (Å²) in [7, 11) is 0. The zero-order valence-corrected chi connectivity index (χ0v) is 7.34. The van der Waals surface area contributed by atoms with E-state index in [0.717, 1.165) is 0 Å². The van der Waals surface area contributed by atoms with Gasteiger partial charge in [-0.15, -0.1) is 0 Å². The second-order valence-corrected chi connectivity index (χ2v) is 2.79. The SMILES string of the molecule is C=CC(F)(F)C(F)C(F)(F)C(F)(F)C(F)F. The van der Waals surface area contributed by atoms with Crippen LogP contribution in [0.1, 0.15) is 0 Å². The van der Waals surface area contributed by atoms with Gasteiger partial charge in [0.1, 0.15) is 0 Å². The molecule has 0 fully saturated rings. The largest absolute Gasteiger partial charge is 0.372 e. The van der Waals surface area contributed by atoms with Crippen LogP contribution in [0.25, 0.3) is 0 Å². The van der Waals surface area contributed by atoms with Gasteiger partial charge in [-0.3, -0.25) is 0 Å². The number of rotatable bonds is 5. The molecule has 0 saturated heterocycles. The summed E-state index contributed by atoms with van der Waals surface area (Å²) in [5, 5.41) is 0. The third kappa shape index (κ3) is 2.27. The van der Waals surface area contributed by atoms with Crippen LogP contribution in [0.15, 0.2) is 12.7 Å². The van der Waals surface area contributed by atoms with E-state index < -0.39 is 36.4 Å². The molecule has 0 amide bonds. The lowest BCUT2D eigenvalue weighted by molar-refractivity contribution is -0.305. The van der Waals surface area contributed by atoms with Gasteiger partial charge >= 0.3 is 24.2 Å². The Labute approximate surface area is 83.7 Å². The Hall–Kier alpha value is -0.890. The van der Waals surface area contributed by atoms with Gasteiger partial charge in [0.2, 0.25) is 6.17 Å². The molecule has 0 radical (unpaired) electrons. The highest BCUT2D eigenvalue weighted by Crippen LogP contribution is 2.46. The lowest BCUT2D eigenvalue weighted by Gasteiger charge is -2.30. The van der Waals surface area contributed by atoms with E-state index >= 15 is 0 Å². The Balaban J connectivity index is 5.28. The van der Waals surface area contributed by atoms with Crippen LogP contribution < -0.4 is 0 Å². The molecule has 0 bridgehead atoms. The van der Waals surface area contributed by atoms with E-state index in [1.807, 2.05) is 0 Å². The van der Waals surface area contributed by atoms with Crippen molar-refractivity contribution in [2.75, 3.05) is 0 Å². The lowest BCUT2D eigenvalue weighted by atomic mass is 10.0. The minimum Gasteiger partial charge on any atom is -0.233 e. The predicted molar refractivity (Wildman–Crippen MR) is 35.9 cm³/mol. The van der Waals surface area contributed by atoms with Crippen molar-refractivity contribution in [3.8, 4) is 0 Å². The minimum absolute atomic E-state index is 0.660. The fourth-order valence-corrected chi connectivity index (χ4v) is 0.660. The van der Waals surface area contributed by atoms with Crippen molar-refractivity contribution < 1.29 is 39.5 Å². The highest BCUT2D eigenvalue weighted by atomic mass is 19.3. The van der Waals surface area contributed by atoms with Gasteiger partial charge in [-0.1, -0.05) is 6.58 Å². The number of hydrogen-bond acceptors (Lipinski definition) is 0. The Kier molecular flexibility index (Phi) is 3.94. The van der Waals surface area contributed by atoms with E-state index in [-0.39, 0.29) is 0 Å². The molecule has 0 spiro atoms. The minimum atomic E-state index is -6.21. The summed E-state index contributed by atoms with van der Waals surface area (Å²) in [6.07, 6.45) is -10.4. The molecular formula is C7H5F9. The number of allylic oxidation sites excluding steroid dienone is 1. The fourth-order valence-electron chi connectivity index (χ4n) is 0.660. The summed E-state index contributed by atoms with van der Waals surface area (Å²) >= 11 is 0. The zero-order valence-electron chi connectivity index (χ0n) is 7.34. The van der Waals surface area contributed by atoms with Gasteiger partial charge in [0.15, 0.2) is 0 Å². The molecule has 0 aromatic heterocycles. The molecule has 0 aliphatic rings. The molecule has 0 nitrogen and oxygen atoms in total. The summed E-state index contributed by atoms with van der Waals surface area (Å²) in [5.74, 6) is -17.4. The van der Waals surface area contributed by atoms with E-state index in [1.54, 1.807) is 0 Å². The molecule has 1 atom stereocenters. The maximum absolute atomic E-state index is 12.4.